The molecule has 0 amide bonds. The molecule has 0 aliphatic rings. The van der Waals surface area contributed by atoms with Gasteiger partial charge >= 0.3 is 0 Å². The topological polar surface area (TPSA) is 43.6 Å². The Kier molecular flexibility index (Phi) is 5.10. The number of rotatable bonds is 6. The number of halogens is 2. The molecule has 0 aliphatic heterocycles. The van der Waals surface area contributed by atoms with Crippen LogP contribution >= 0.6 is 31.9 Å². The van der Waals surface area contributed by atoms with E-state index < -0.39 is 0 Å². The molecule has 0 aliphatic carbocycles. The van der Waals surface area contributed by atoms with E-state index in [1.54, 1.807) is 7.05 Å². The summed E-state index contributed by atoms with van der Waals surface area (Å²) in [6.45, 7) is 0. The summed E-state index contributed by atoms with van der Waals surface area (Å²) in [5.41, 5.74) is 1.38. The summed E-state index contributed by atoms with van der Waals surface area (Å²) in [7, 11) is 1.79. The first kappa shape index (κ1) is 14.7. The van der Waals surface area contributed by atoms with E-state index in [1.807, 2.05) is 6.07 Å². The molecule has 6 heteroatoms. The van der Waals surface area contributed by atoms with Crippen molar-refractivity contribution in [1.29, 1.82) is 0 Å². The summed E-state index contributed by atoms with van der Waals surface area (Å²) in [5.74, 6) is 0.789. The molecule has 0 spiro atoms. The van der Waals surface area contributed by atoms with E-state index >= 15 is 0 Å². The molecule has 19 heavy (non-hydrogen) atoms. The molecule has 4 nitrogen and oxygen atoms in total. The van der Waals surface area contributed by atoms with Crippen LogP contribution < -0.4 is 0 Å². The van der Waals surface area contributed by atoms with Gasteiger partial charge in [-0.3, -0.25) is 0 Å². The number of aromatic nitrogens is 4. The van der Waals surface area contributed by atoms with Crippen molar-refractivity contribution < 1.29 is 0 Å². The van der Waals surface area contributed by atoms with Crippen LogP contribution in [0.4, 0.5) is 0 Å². The van der Waals surface area contributed by atoms with Crippen LogP contribution in [-0.2, 0) is 19.9 Å². The Hall–Kier alpha value is -0.750. The maximum atomic E-state index is 4.29. The van der Waals surface area contributed by atoms with Crippen LogP contribution in [0.5, 0.6) is 0 Å². The molecular weight excluding hydrogens is 372 g/mol. The fourth-order valence-electron chi connectivity index (χ4n) is 2.05. The highest BCUT2D eigenvalue weighted by atomic mass is 79.9. The van der Waals surface area contributed by atoms with Gasteiger partial charge in [0.05, 0.1) is 7.05 Å². The van der Waals surface area contributed by atoms with Crippen molar-refractivity contribution in [3.05, 3.63) is 41.7 Å². The Morgan fingerprint density at radius 2 is 1.79 bits per heavy atom. The first-order valence-electron chi connectivity index (χ1n) is 6.06. The van der Waals surface area contributed by atoms with E-state index in [1.165, 1.54) is 10.4 Å². The van der Waals surface area contributed by atoms with Gasteiger partial charge in [-0.15, -0.1) is 10.2 Å². The Balaban J connectivity index is 2.17. The molecular formula is C13H16Br2N4. The summed E-state index contributed by atoms with van der Waals surface area (Å²) in [6.07, 6.45) is 1.77. The molecule has 2 rings (SSSR count). The van der Waals surface area contributed by atoms with Crippen molar-refractivity contribution in [2.45, 2.75) is 12.8 Å². The van der Waals surface area contributed by atoms with E-state index in [0.29, 0.717) is 0 Å². The second-order valence-electron chi connectivity index (χ2n) is 4.80. The Bertz CT molecular complexity index is 508. The van der Waals surface area contributed by atoms with Crippen LogP contribution in [0.25, 0.3) is 0 Å². The lowest BCUT2D eigenvalue weighted by molar-refractivity contribution is 0.376. The smallest absolute Gasteiger partial charge is 0.167 e. The molecule has 1 heterocycles. The Morgan fingerprint density at radius 1 is 1.11 bits per heavy atom. The van der Waals surface area contributed by atoms with Crippen LogP contribution in [0.3, 0.4) is 0 Å². The highest BCUT2D eigenvalue weighted by Crippen LogP contribution is 2.31. The molecule has 102 valence electrons. The minimum atomic E-state index is 0.0599. The van der Waals surface area contributed by atoms with E-state index in [-0.39, 0.29) is 5.41 Å². The van der Waals surface area contributed by atoms with Gasteiger partial charge in [-0.1, -0.05) is 62.2 Å². The molecule has 1 aromatic carbocycles. The van der Waals surface area contributed by atoms with Crippen molar-refractivity contribution in [1.82, 2.24) is 20.2 Å². The van der Waals surface area contributed by atoms with Gasteiger partial charge in [0.2, 0.25) is 0 Å². The third-order valence-electron chi connectivity index (χ3n) is 3.07. The number of hydrogen-bond donors (Lipinski definition) is 0. The molecule has 0 saturated heterocycles. The van der Waals surface area contributed by atoms with Gasteiger partial charge in [0.1, 0.15) is 0 Å². The third-order valence-corrected chi connectivity index (χ3v) is 5.45. The van der Waals surface area contributed by atoms with Crippen LogP contribution in [0.2, 0.25) is 0 Å². The van der Waals surface area contributed by atoms with Crippen LogP contribution in [-0.4, -0.2) is 30.9 Å². The minimum Gasteiger partial charge on any atom is -0.167 e. The third kappa shape index (κ3) is 3.86. The largest absolute Gasteiger partial charge is 0.175 e. The van der Waals surface area contributed by atoms with Gasteiger partial charge in [0.25, 0.3) is 0 Å². The van der Waals surface area contributed by atoms with E-state index in [2.05, 4.69) is 71.5 Å². The maximum absolute atomic E-state index is 4.29. The molecule has 1 aromatic heterocycles. The Labute approximate surface area is 129 Å². The van der Waals surface area contributed by atoms with Gasteiger partial charge in [0.15, 0.2) is 5.82 Å². The molecule has 0 N–H and O–H groups in total. The summed E-state index contributed by atoms with van der Waals surface area (Å²) >= 11 is 7.28. The first-order valence-corrected chi connectivity index (χ1v) is 8.30. The van der Waals surface area contributed by atoms with E-state index in [0.717, 1.165) is 29.3 Å². The fourth-order valence-corrected chi connectivity index (χ4v) is 3.77. The predicted molar refractivity (Wildman–Crippen MR) is 82.7 cm³/mol. The standard InChI is InChI=1S/C13H16Br2N4/c1-19-17-12(16-18-19)8-13(9-14,10-15)7-11-5-3-2-4-6-11/h2-6H,7-10H2,1H3. The lowest BCUT2D eigenvalue weighted by Gasteiger charge is -2.28. The van der Waals surface area contributed by atoms with Crippen LogP contribution in [0.1, 0.15) is 11.4 Å². The average Bonchev–Trinajstić information content (AvgIpc) is 2.84. The zero-order valence-electron chi connectivity index (χ0n) is 10.8. The zero-order valence-corrected chi connectivity index (χ0v) is 13.9. The van der Waals surface area contributed by atoms with Gasteiger partial charge in [-0.2, -0.15) is 4.80 Å². The van der Waals surface area contributed by atoms with Crippen LogP contribution in [0, 0.1) is 5.41 Å². The zero-order chi connectivity index (χ0) is 13.7. The summed E-state index contributed by atoms with van der Waals surface area (Å²) in [4.78, 5) is 1.51. The number of benzene rings is 1. The van der Waals surface area contributed by atoms with Crippen LogP contribution in [0.15, 0.2) is 30.3 Å². The molecule has 0 bridgehead atoms. The number of alkyl halides is 2. The normalized spacial score (nSPS) is 11.7. The SMILES string of the molecule is Cn1nnc(CC(CBr)(CBr)Cc2ccccc2)n1. The van der Waals surface area contributed by atoms with Crippen molar-refractivity contribution in [3.63, 3.8) is 0 Å². The summed E-state index contributed by atoms with van der Waals surface area (Å²) in [6, 6.07) is 10.5. The molecule has 0 fully saturated rings. The Morgan fingerprint density at radius 3 is 2.32 bits per heavy atom. The number of hydrogen-bond acceptors (Lipinski definition) is 3. The van der Waals surface area contributed by atoms with Crippen molar-refractivity contribution in [3.8, 4) is 0 Å². The lowest BCUT2D eigenvalue weighted by atomic mass is 9.82. The van der Waals surface area contributed by atoms with Crippen molar-refractivity contribution in [2.75, 3.05) is 10.7 Å². The minimum absolute atomic E-state index is 0.0599. The highest BCUT2D eigenvalue weighted by Gasteiger charge is 2.30. The molecule has 0 radical (unpaired) electrons. The van der Waals surface area contributed by atoms with E-state index in [4.69, 9.17) is 0 Å². The second-order valence-corrected chi connectivity index (χ2v) is 5.92. The monoisotopic (exact) mass is 386 g/mol. The van der Waals surface area contributed by atoms with E-state index in [9.17, 15) is 0 Å². The highest BCUT2D eigenvalue weighted by molar-refractivity contribution is 9.09. The molecule has 0 saturated carbocycles. The first-order chi connectivity index (χ1) is 9.17. The quantitative estimate of drug-likeness (QED) is 0.715. The second kappa shape index (κ2) is 6.61. The maximum Gasteiger partial charge on any atom is 0.175 e. The van der Waals surface area contributed by atoms with Gasteiger partial charge in [0, 0.05) is 22.5 Å². The summed E-state index contributed by atoms with van der Waals surface area (Å²) < 4.78 is 0. The van der Waals surface area contributed by atoms with Crippen molar-refractivity contribution in [2.24, 2.45) is 12.5 Å². The number of tetrazole rings is 1. The van der Waals surface area contributed by atoms with Gasteiger partial charge in [-0.05, 0) is 17.2 Å². The predicted octanol–water partition coefficient (Wildman–Crippen LogP) is 2.77. The number of aryl methyl sites for hydroxylation is 1. The average molecular weight is 388 g/mol. The number of nitrogens with zero attached hydrogens (tertiary/aromatic N) is 4. The van der Waals surface area contributed by atoms with Gasteiger partial charge in [-0.25, -0.2) is 0 Å². The summed E-state index contributed by atoms with van der Waals surface area (Å²) in [5, 5.41) is 14.1. The molecule has 2 aromatic rings. The molecule has 0 atom stereocenters. The lowest BCUT2D eigenvalue weighted by Crippen LogP contribution is -2.31. The van der Waals surface area contributed by atoms with Gasteiger partial charge < -0.3 is 0 Å². The van der Waals surface area contributed by atoms with Crippen molar-refractivity contribution >= 4 is 31.9 Å². The fraction of sp³-hybridized carbons (Fsp3) is 0.462. The molecule has 0 unspecified atom stereocenters.